The van der Waals surface area contributed by atoms with Gasteiger partial charge < -0.3 is 15.0 Å². The molecule has 1 atom stereocenters. The Balaban J connectivity index is 1.39. The van der Waals surface area contributed by atoms with Crippen LogP contribution in [0.15, 0.2) is 42.7 Å². The Labute approximate surface area is 149 Å². The summed E-state index contributed by atoms with van der Waals surface area (Å²) >= 11 is 0. The summed E-state index contributed by atoms with van der Waals surface area (Å²) in [6, 6.07) is 11.2. The molecule has 0 spiro atoms. The SMILES string of the molecule is c1ccc([C@@H](NCc2cnc(N3CCOCC3)nc2)C2CCC2)cc1. The van der Waals surface area contributed by atoms with Gasteiger partial charge in [0.15, 0.2) is 0 Å². The normalized spacial score (nSPS) is 19.4. The highest BCUT2D eigenvalue weighted by molar-refractivity contribution is 5.30. The second-order valence-corrected chi connectivity index (χ2v) is 6.95. The molecule has 1 saturated heterocycles. The molecule has 5 nitrogen and oxygen atoms in total. The second kappa shape index (κ2) is 7.93. The Hall–Kier alpha value is -1.98. The van der Waals surface area contributed by atoms with E-state index >= 15 is 0 Å². The number of nitrogens with one attached hydrogen (secondary N) is 1. The number of anilines is 1. The van der Waals surface area contributed by atoms with E-state index in [4.69, 9.17) is 4.74 Å². The molecule has 5 heteroatoms. The average molecular weight is 338 g/mol. The molecule has 1 N–H and O–H groups in total. The van der Waals surface area contributed by atoms with Crippen LogP contribution in [0.3, 0.4) is 0 Å². The van der Waals surface area contributed by atoms with Gasteiger partial charge in [-0.05, 0) is 24.3 Å². The highest BCUT2D eigenvalue weighted by atomic mass is 16.5. The van der Waals surface area contributed by atoms with E-state index in [1.165, 1.54) is 24.8 Å². The first-order chi connectivity index (χ1) is 12.4. The molecule has 2 aliphatic rings. The predicted molar refractivity (Wildman–Crippen MR) is 98.4 cm³/mol. The topological polar surface area (TPSA) is 50.3 Å². The third kappa shape index (κ3) is 3.99. The summed E-state index contributed by atoms with van der Waals surface area (Å²) in [4.78, 5) is 11.3. The molecule has 4 rings (SSSR count). The van der Waals surface area contributed by atoms with Crippen LogP contribution in [-0.4, -0.2) is 36.3 Å². The van der Waals surface area contributed by atoms with E-state index in [0.29, 0.717) is 6.04 Å². The monoisotopic (exact) mass is 338 g/mol. The summed E-state index contributed by atoms with van der Waals surface area (Å²) in [6.45, 7) is 4.06. The van der Waals surface area contributed by atoms with Crippen molar-refractivity contribution in [3.8, 4) is 0 Å². The molecule has 0 unspecified atom stereocenters. The van der Waals surface area contributed by atoms with Crippen LogP contribution >= 0.6 is 0 Å². The van der Waals surface area contributed by atoms with Gasteiger partial charge in [0.25, 0.3) is 0 Å². The maximum Gasteiger partial charge on any atom is 0.225 e. The van der Waals surface area contributed by atoms with Crippen LogP contribution in [-0.2, 0) is 11.3 Å². The summed E-state index contributed by atoms with van der Waals surface area (Å²) in [7, 11) is 0. The molecule has 0 bridgehead atoms. The van der Waals surface area contributed by atoms with Gasteiger partial charge in [0.1, 0.15) is 0 Å². The molecule has 0 amide bonds. The van der Waals surface area contributed by atoms with E-state index in [0.717, 1.165) is 50.3 Å². The molecule has 2 heterocycles. The van der Waals surface area contributed by atoms with E-state index < -0.39 is 0 Å². The minimum Gasteiger partial charge on any atom is -0.378 e. The van der Waals surface area contributed by atoms with Crippen LogP contribution in [0.5, 0.6) is 0 Å². The maximum atomic E-state index is 5.38. The van der Waals surface area contributed by atoms with Crippen LogP contribution in [0.2, 0.25) is 0 Å². The van der Waals surface area contributed by atoms with Crippen LogP contribution in [0.1, 0.15) is 36.4 Å². The van der Waals surface area contributed by atoms with Crippen molar-refractivity contribution in [1.29, 1.82) is 0 Å². The third-order valence-corrected chi connectivity index (χ3v) is 5.29. The lowest BCUT2D eigenvalue weighted by atomic mass is 9.77. The fourth-order valence-electron chi connectivity index (χ4n) is 3.58. The number of hydrogen-bond donors (Lipinski definition) is 1. The van der Waals surface area contributed by atoms with Gasteiger partial charge in [-0.2, -0.15) is 0 Å². The minimum atomic E-state index is 0.425. The van der Waals surface area contributed by atoms with Gasteiger partial charge in [0.05, 0.1) is 13.2 Å². The Bertz CT molecular complexity index is 651. The van der Waals surface area contributed by atoms with Gasteiger partial charge in [-0.25, -0.2) is 9.97 Å². The molecule has 1 aromatic carbocycles. The number of benzene rings is 1. The summed E-state index contributed by atoms with van der Waals surface area (Å²) < 4.78 is 5.38. The third-order valence-electron chi connectivity index (χ3n) is 5.29. The van der Waals surface area contributed by atoms with Gasteiger partial charge >= 0.3 is 0 Å². The second-order valence-electron chi connectivity index (χ2n) is 6.95. The van der Waals surface area contributed by atoms with Crippen molar-refractivity contribution < 1.29 is 4.74 Å². The van der Waals surface area contributed by atoms with Crippen molar-refractivity contribution in [3.63, 3.8) is 0 Å². The molecule has 2 aromatic rings. The van der Waals surface area contributed by atoms with Gasteiger partial charge in [0.2, 0.25) is 5.95 Å². The summed E-state index contributed by atoms with van der Waals surface area (Å²) in [5, 5.41) is 3.74. The Morgan fingerprint density at radius 1 is 1.08 bits per heavy atom. The van der Waals surface area contributed by atoms with Crippen LogP contribution in [0.25, 0.3) is 0 Å². The Morgan fingerprint density at radius 3 is 2.44 bits per heavy atom. The van der Waals surface area contributed by atoms with Crippen LogP contribution < -0.4 is 10.2 Å². The molecular weight excluding hydrogens is 312 g/mol. The fourth-order valence-corrected chi connectivity index (χ4v) is 3.58. The molecule has 1 aliphatic heterocycles. The quantitative estimate of drug-likeness (QED) is 0.878. The molecule has 1 aliphatic carbocycles. The Kier molecular flexibility index (Phi) is 5.23. The minimum absolute atomic E-state index is 0.425. The lowest BCUT2D eigenvalue weighted by Crippen LogP contribution is -2.37. The number of ether oxygens (including phenoxy) is 1. The molecule has 0 radical (unpaired) electrons. The zero-order valence-electron chi connectivity index (χ0n) is 14.6. The van der Waals surface area contributed by atoms with Crippen molar-refractivity contribution in [3.05, 3.63) is 53.9 Å². The van der Waals surface area contributed by atoms with E-state index in [9.17, 15) is 0 Å². The zero-order valence-corrected chi connectivity index (χ0v) is 14.6. The van der Waals surface area contributed by atoms with Crippen molar-refractivity contribution >= 4 is 5.95 Å². The van der Waals surface area contributed by atoms with E-state index in [1.807, 2.05) is 12.4 Å². The van der Waals surface area contributed by atoms with Gasteiger partial charge in [-0.1, -0.05) is 36.8 Å². The number of nitrogens with zero attached hydrogens (tertiary/aromatic N) is 3. The molecule has 2 fully saturated rings. The van der Waals surface area contributed by atoms with Crippen molar-refractivity contribution in [2.75, 3.05) is 31.2 Å². The molecule has 132 valence electrons. The zero-order chi connectivity index (χ0) is 16.9. The smallest absolute Gasteiger partial charge is 0.225 e. The Morgan fingerprint density at radius 2 is 1.80 bits per heavy atom. The van der Waals surface area contributed by atoms with E-state index in [2.05, 4.69) is 50.5 Å². The van der Waals surface area contributed by atoms with Crippen molar-refractivity contribution in [2.45, 2.75) is 31.8 Å². The predicted octanol–water partition coefficient (Wildman–Crippen LogP) is 2.94. The molecule has 1 aromatic heterocycles. The summed E-state index contributed by atoms with van der Waals surface area (Å²) in [5.74, 6) is 1.56. The van der Waals surface area contributed by atoms with Crippen molar-refractivity contribution in [1.82, 2.24) is 15.3 Å². The van der Waals surface area contributed by atoms with Gasteiger partial charge in [0, 0.05) is 43.6 Å². The molecule has 1 saturated carbocycles. The summed E-state index contributed by atoms with van der Waals surface area (Å²) in [6.07, 6.45) is 7.90. The highest BCUT2D eigenvalue weighted by Crippen LogP contribution is 2.37. The van der Waals surface area contributed by atoms with Crippen LogP contribution in [0, 0.1) is 5.92 Å². The van der Waals surface area contributed by atoms with Crippen molar-refractivity contribution in [2.24, 2.45) is 5.92 Å². The lowest BCUT2D eigenvalue weighted by Gasteiger charge is -2.35. The molecule has 25 heavy (non-hydrogen) atoms. The maximum absolute atomic E-state index is 5.38. The number of morpholine rings is 1. The first-order valence-electron chi connectivity index (χ1n) is 9.32. The lowest BCUT2D eigenvalue weighted by molar-refractivity contribution is 0.122. The van der Waals surface area contributed by atoms with Gasteiger partial charge in [-0.3, -0.25) is 0 Å². The van der Waals surface area contributed by atoms with Gasteiger partial charge in [-0.15, -0.1) is 0 Å². The van der Waals surface area contributed by atoms with Crippen LogP contribution in [0.4, 0.5) is 5.95 Å². The van der Waals surface area contributed by atoms with E-state index in [-0.39, 0.29) is 0 Å². The fraction of sp³-hybridized carbons (Fsp3) is 0.500. The van der Waals surface area contributed by atoms with E-state index in [1.54, 1.807) is 0 Å². The summed E-state index contributed by atoms with van der Waals surface area (Å²) in [5.41, 5.74) is 2.52. The molecular formula is C20H26N4O. The standard InChI is InChI=1S/C20H26N4O/c1-2-5-17(6-3-1)19(18-7-4-8-18)21-13-16-14-22-20(23-15-16)24-9-11-25-12-10-24/h1-3,5-6,14-15,18-19,21H,4,7-13H2/t19-/m1/s1. The first-order valence-corrected chi connectivity index (χ1v) is 9.32. The number of rotatable bonds is 6. The number of aromatic nitrogens is 2. The largest absolute Gasteiger partial charge is 0.378 e. The highest BCUT2D eigenvalue weighted by Gasteiger charge is 2.28. The number of hydrogen-bond acceptors (Lipinski definition) is 5. The average Bonchev–Trinajstić information content (AvgIpc) is 2.65. The first kappa shape index (κ1) is 16.5.